The van der Waals surface area contributed by atoms with Crippen LogP contribution in [0.5, 0.6) is 0 Å². The van der Waals surface area contributed by atoms with E-state index in [4.69, 9.17) is 0 Å². The van der Waals surface area contributed by atoms with Gasteiger partial charge in [-0.05, 0) is 25.0 Å². The number of imide groups is 2. The molecule has 0 bridgehead atoms. The van der Waals surface area contributed by atoms with Gasteiger partial charge in [-0.3, -0.25) is 39.0 Å². The zero-order valence-corrected chi connectivity index (χ0v) is 16.9. The van der Waals surface area contributed by atoms with Crippen LogP contribution in [0.4, 0.5) is 5.69 Å². The molecule has 1 aromatic rings. The summed E-state index contributed by atoms with van der Waals surface area (Å²) in [7, 11) is 1.54. The van der Waals surface area contributed by atoms with Gasteiger partial charge in [0.2, 0.25) is 23.6 Å². The third kappa shape index (κ3) is 4.71. The Morgan fingerprint density at radius 2 is 1.90 bits per heavy atom. The van der Waals surface area contributed by atoms with Crippen molar-refractivity contribution in [1.29, 1.82) is 0 Å². The van der Waals surface area contributed by atoms with Gasteiger partial charge in [-0.1, -0.05) is 6.07 Å². The van der Waals surface area contributed by atoms with E-state index in [1.54, 1.807) is 12.1 Å². The van der Waals surface area contributed by atoms with Gasteiger partial charge in [0, 0.05) is 32.1 Å². The zero-order chi connectivity index (χ0) is 22.5. The number of carbonyl (C=O) groups is 6. The summed E-state index contributed by atoms with van der Waals surface area (Å²) in [6.07, 6.45) is 0.885. The van der Waals surface area contributed by atoms with Crippen molar-refractivity contribution in [3.63, 3.8) is 0 Å². The number of rotatable bonds is 8. The maximum atomic E-state index is 13.0. The average Bonchev–Trinajstić information content (AvgIpc) is 3.00. The molecule has 11 nitrogen and oxygen atoms in total. The fourth-order valence-corrected chi connectivity index (χ4v) is 3.50. The number of piperidine rings is 1. The first-order valence-corrected chi connectivity index (χ1v) is 9.89. The highest BCUT2D eigenvalue weighted by atomic mass is 16.2. The Bertz CT molecular complexity index is 959. The lowest BCUT2D eigenvalue weighted by Crippen LogP contribution is -2.54. The first-order valence-electron chi connectivity index (χ1n) is 9.89. The predicted molar refractivity (Wildman–Crippen MR) is 108 cm³/mol. The van der Waals surface area contributed by atoms with Gasteiger partial charge in [-0.25, -0.2) is 0 Å². The highest BCUT2D eigenvalue weighted by molar-refractivity contribution is 6.25. The number of carbonyl (C=O) groups excluding carboxylic acids is 6. The molecule has 4 N–H and O–H groups in total. The Labute approximate surface area is 177 Å². The molecule has 31 heavy (non-hydrogen) atoms. The summed E-state index contributed by atoms with van der Waals surface area (Å²) in [5, 5.41) is 10.2. The van der Waals surface area contributed by atoms with Crippen LogP contribution in [0.3, 0.4) is 0 Å². The van der Waals surface area contributed by atoms with E-state index in [2.05, 4.69) is 21.3 Å². The van der Waals surface area contributed by atoms with Crippen molar-refractivity contribution in [3.8, 4) is 0 Å². The van der Waals surface area contributed by atoms with Crippen LogP contribution in [-0.4, -0.2) is 66.5 Å². The minimum atomic E-state index is -1.05. The summed E-state index contributed by atoms with van der Waals surface area (Å²) in [6, 6.07) is 3.56. The zero-order valence-electron chi connectivity index (χ0n) is 16.9. The minimum Gasteiger partial charge on any atom is -0.375 e. The second kappa shape index (κ2) is 9.37. The van der Waals surface area contributed by atoms with Crippen LogP contribution in [0.15, 0.2) is 18.2 Å². The third-order valence-electron chi connectivity index (χ3n) is 5.09. The van der Waals surface area contributed by atoms with Crippen molar-refractivity contribution in [2.24, 2.45) is 0 Å². The number of nitrogens with zero attached hydrogens (tertiary/aromatic N) is 1. The van der Waals surface area contributed by atoms with Crippen LogP contribution in [0.2, 0.25) is 0 Å². The standard InChI is InChI=1S/C20H23N5O6/c1-21-14(26)6-3-9-22-16(28)10-23-12-5-2-4-11-17(12)20(31)25(19(11)30)13-7-8-15(27)24-18(13)29/h2,4-5,13,23H,3,6-10H2,1H3,(H,21,26)(H,22,28)(H,24,27,29). The smallest absolute Gasteiger partial charge is 0.264 e. The largest absolute Gasteiger partial charge is 0.375 e. The van der Waals surface area contributed by atoms with E-state index in [1.807, 2.05) is 0 Å². The van der Waals surface area contributed by atoms with Crippen molar-refractivity contribution in [1.82, 2.24) is 20.9 Å². The molecule has 0 aliphatic carbocycles. The molecule has 0 saturated carbocycles. The van der Waals surface area contributed by atoms with Gasteiger partial charge in [0.15, 0.2) is 0 Å². The lowest BCUT2D eigenvalue weighted by molar-refractivity contribution is -0.136. The van der Waals surface area contributed by atoms with Gasteiger partial charge in [0.05, 0.1) is 17.7 Å². The fraction of sp³-hybridized carbons (Fsp3) is 0.400. The van der Waals surface area contributed by atoms with Gasteiger partial charge in [-0.2, -0.15) is 0 Å². The molecule has 1 aromatic carbocycles. The van der Waals surface area contributed by atoms with Crippen molar-refractivity contribution in [2.75, 3.05) is 25.5 Å². The van der Waals surface area contributed by atoms with Crippen LogP contribution in [0.25, 0.3) is 0 Å². The number of anilines is 1. The molecule has 2 heterocycles. The average molecular weight is 429 g/mol. The number of nitrogens with one attached hydrogen (secondary N) is 4. The molecular weight excluding hydrogens is 406 g/mol. The Hall–Kier alpha value is -3.76. The lowest BCUT2D eigenvalue weighted by atomic mass is 10.0. The number of hydrogen-bond acceptors (Lipinski definition) is 7. The molecule has 164 valence electrons. The Kier molecular flexibility index (Phi) is 6.63. The second-order valence-electron chi connectivity index (χ2n) is 7.16. The van der Waals surface area contributed by atoms with Crippen molar-refractivity contribution in [2.45, 2.75) is 31.7 Å². The van der Waals surface area contributed by atoms with E-state index < -0.39 is 29.7 Å². The minimum absolute atomic E-state index is 0.0367. The van der Waals surface area contributed by atoms with Gasteiger partial charge in [-0.15, -0.1) is 0 Å². The van der Waals surface area contributed by atoms with E-state index in [1.165, 1.54) is 13.1 Å². The molecule has 1 unspecified atom stereocenters. The molecule has 1 fully saturated rings. The van der Waals surface area contributed by atoms with Crippen LogP contribution < -0.4 is 21.3 Å². The number of amides is 6. The highest BCUT2D eigenvalue weighted by Crippen LogP contribution is 2.32. The molecular formula is C20H23N5O6. The molecule has 2 aliphatic rings. The molecule has 0 spiro atoms. The number of fused-ring (bicyclic) bond motifs is 1. The quantitative estimate of drug-likeness (QED) is 0.310. The summed E-state index contributed by atoms with van der Waals surface area (Å²) >= 11 is 0. The SMILES string of the molecule is CNC(=O)CCCNC(=O)CNc1cccc2c1C(=O)N(C1CCC(=O)NC1=O)C2=O. The Balaban J connectivity index is 1.64. The molecule has 6 amide bonds. The summed E-state index contributed by atoms with van der Waals surface area (Å²) in [6.45, 7) is 0.178. The van der Waals surface area contributed by atoms with E-state index in [0.717, 1.165) is 4.90 Å². The molecule has 0 radical (unpaired) electrons. The molecule has 0 aromatic heterocycles. The number of hydrogen-bond donors (Lipinski definition) is 4. The maximum Gasteiger partial charge on any atom is 0.264 e. The van der Waals surface area contributed by atoms with Gasteiger partial charge >= 0.3 is 0 Å². The van der Waals surface area contributed by atoms with Crippen LogP contribution in [-0.2, 0) is 19.2 Å². The van der Waals surface area contributed by atoms with Crippen molar-refractivity contribution in [3.05, 3.63) is 29.3 Å². The van der Waals surface area contributed by atoms with Gasteiger partial charge < -0.3 is 16.0 Å². The van der Waals surface area contributed by atoms with Crippen molar-refractivity contribution < 1.29 is 28.8 Å². The van der Waals surface area contributed by atoms with Crippen LogP contribution in [0.1, 0.15) is 46.4 Å². The first-order chi connectivity index (χ1) is 14.8. The third-order valence-corrected chi connectivity index (χ3v) is 5.09. The van der Waals surface area contributed by atoms with Gasteiger partial charge in [0.25, 0.3) is 11.8 Å². The van der Waals surface area contributed by atoms with Crippen LogP contribution >= 0.6 is 0 Å². The molecule has 11 heteroatoms. The monoisotopic (exact) mass is 429 g/mol. The molecule has 1 saturated heterocycles. The summed E-state index contributed by atoms with van der Waals surface area (Å²) in [5.41, 5.74) is 0.515. The van der Waals surface area contributed by atoms with E-state index in [0.29, 0.717) is 25.1 Å². The van der Waals surface area contributed by atoms with Crippen LogP contribution in [0, 0.1) is 0 Å². The topological polar surface area (TPSA) is 154 Å². The lowest BCUT2D eigenvalue weighted by Gasteiger charge is -2.27. The summed E-state index contributed by atoms with van der Waals surface area (Å²) < 4.78 is 0. The maximum absolute atomic E-state index is 13.0. The predicted octanol–water partition coefficient (Wildman–Crippen LogP) is -0.858. The molecule has 3 rings (SSSR count). The van der Waals surface area contributed by atoms with Crippen molar-refractivity contribution >= 4 is 41.1 Å². The highest BCUT2D eigenvalue weighted by Gasteiger charge is 2.45. The van der Waals surface area contributed by atoms with E-state index >= 15 is 0 Å². The second-order valence-corrected chi connectivity index (χ2v) is 7.16. The van der Waals surface area contributed by atoms with E-state index in [9.17, 15) is 28.8 Å². The molecule has 1 atom stereocenters. The Morgan fingerprint density at radius 1 is 1.13 bits per heavy atom. The summed E-state index contributed by atoms with van der Waals surface area (Å²) in [5.74, 6) is -2.84. The molecule has 2 aliphatic heterocycles. The number of benzene rings is 1. The summed E-state index contributed by atoms with van der Waals surface area (Å²) in [4.78, 5) is 73.3. The Morgan fingerprint density at radius 3 is 2.61 bits per heavy atom. The fourth-order valence-electron chi connectivity index (χ4n) is 3.50. The van der Waals surface area contributed by atoms with E-state index in [-0.39, 0.29) is 42.3 Å². The normalized spacial score (nSPS) is 17.8. The van der Waals surface area contributed by atoms with Gasteiger partial charge in [0.1, 0.15) is 6.04 Å². The first kappa shape index (κ1) is 21.9.